The molecule has 2 N–H and O–H groups in total. The number of rotatable bonds is 7. The number of halogens is 1. The number of carbonyl (C=O) groups excluding carboxylic acids is 1. The molecular formula is C12H17ClN2O2. The molecule has 94 valence electrons. The van der Waals surface area contributed by atoms with Crippen molar-refractivity contribution in [2.75, 3.05) is 12.4 Å². The molecule has 0 unspecified atom stereocenters. The minimum absolute atomic E-state index is 0.160. The third-order valence-corrected chi connectivity index (χ3v) is 2.68. The largest absolute Gasteiger partial charge is 0.367 e. The molecule has 0 bridgehead atoms. The van der Waals surface area contributed by atoms with Crippen LogP contribution in [0.3, 0.4) is 0 Å². The maximum Gasteiger partial charge on any atom is 0.256 e. The Bertz CT molecular complexity index is 403. The molecule has 0 aliphatic heterocycles. The van der Waals surface area contributed by atoms with Crippen LogP contribution in [-0.2, 0) is 0 Å². The van der Waals surface area contributed by atoms with Gasteiger partial charge in [-0.2, -0.15) is 0 Å². The van der Waals surface area contributed by atoms with Crippen molar-refractivity contribution in [1.29, 1.82) is 0 Å². The number of amides is 1. The maximum absolute atomic E-state index is 11.6. The molecule has 1 aromatic heterocycles. The Morgan fingerprint density at radius 3 is 2.76 bits per heavy atom. The number of hydrogen-bond donors (Lipinski definition) is 2. The Labute approximate surface area is 105 Å². The van der Waals surface area contributed by atoms with Gasteiger partial charge in [-0.25, -0.2) is 0 Å². The van der Waals surface area contributed by atoms with Gasteiger partial charge in [-0.1, -0.05) is 12.8 Å². The van der Waals surface area contributed by atoms with Crippen LogP contribution in [0.1, 0.15) is 36.0 Å². The maximum atomic E-state index is 11.6. The summed E-state index contributed by atoms with van der Waals surface area (Å²) < 4.78 is 0. The quantitative estimate of drug-likeness (QED) is 0.578. The molecule has 0 fully saturated rings. The zero-order chi connectivity index (χ0) is 12.5. The highest BCUT2D eigenvalue weighted by Crippen LogP contribution is 2.00. The van der Waals surface area contributed by atoms with E-state index in [0.29, 0.717) is 12.4 Å². The SMILES string of the molecule is O=C(NCCCCCCCl)c1c[nH]ccc1=O. The number of alkyl halides is 1. The molecule has 1 amide bonds. The third-order valence-electron chi connectivity index (χ3n) is 2.41. The van der Waals surface area contributed by atoms with Crippen LogP contribution in [0.2, 0.25) is 0 Å². The number of nitrogens with one attached hydrogen (secondary N) is 2. The van der Waals surface area contributed by atoms with E-state index in [9.17, 15) is 9.59 Å². The minimum Gasteiger partial charge on any atom is -0.367 e. The number of carbonyl (C=O) groups is 1. The second-order valence-corrected chi connectivity index (χ2v) is 4.16. The van der Waals surface area contributed by atoms with Crippen molar-refractivity contribution < 1.29 is 4.79 Å². The summed E-state index contributed by atoms with van der Waals surface area (Å²) in [4.78, 5) is 25.7. The van der Waals surface area contributed by atoms with Gasteiger partial charge in [-0.3, -0.25) is 9.59 Å². The molecule has 0 atom stereocenters. The summed E-state index contributed by atoms with van der Waals surface area (Å²) in [6, 6.07) is 1.34. The second-order valence-electron chi connectivity index (χ2n) is 3.78. The second kappa shape index (κ2) is 7.90. The van der Waals surface area contributed by atoms with Crippen LogP contribution >= 0.6 is 11.6 Å². The van der Waals surface area contributed by atoms with Crippen LogP contribution < -0.4 is 10.7 Å². The molecule has 17 heavy (non-hydrogen) atoms. The minimum atomic E-state index is -0.316. The van der Waals surface area contributed by atoms with Crippen LogP contribution in [0.25, 0.3) is 0 Å². The van der Waals surface area contributed by atoms with Crippen molar-refractivity contribution in [3.05, 3.63) is 34.2 Å². The van der Waals surface area contributed by atoms with Crippen molar-refractivity contribution in [2.24, 2.45) is 0 Å². The van der Waals surface area contributed by atoms with Gasteiger partial charge in [0.05, 0.1) is 0 Å². The predicted molar refractivity (Wildman–Crippen MR) is 68.6 cm³/mol. The van der Waals surface area contributed by atoms with E-state index in [1.54, 1.807) is 0 Å². The van der Waals surface area contributed by atoms with Crippen LogP contribution in [0, 0.1) is 0 Å². The van der Waals surface area contributed by atoms with Crippen molar-refractivity contribution >= 4 is 17.5 Å². The first kappa shape index (κ1) is 13.8. The highest BCUT2D eigenvalue weighted by Gasteiger charge is 2.07. The average Bonchev–Trinajstić information content (AvgIpc) is 2.34. The zero-order valence-corrected chi connectivity index (χ0v) is 10.4. The standard InChI is InChI=1S/C12H17ClN2O2/c13-6-3-1-2-4-7-15-12(17)10-9-14-8-5-11(10)16/h5,8-9H,1-4,6-7H2,(H,14,16)(H,15,17). The first-order chi connectivity index (χ1) is 8.25. The van der Waals surface area contributed by atoms with Gasteiger partial charge in [0, 0.05) is 30.9 Å². The smallest absolute Gasteiger partial charge is 0.256 e. The molecule has 0 aromatic carbocycles. The molecule has 0 saturated carbocycles. The lowest BCUT2D eigenvalue weighted by molar-refractivity contribution is 0.0951. The number of unbranched alkanes of at least 4 members (excludes halogenated alkanes) is 3. The van der Waals surface area contributed by atoms with Gasteiger partial charge in [0.15, 0.2) is 5.43 Å². The Morgan fingerprint density at radius 1 is 1.29 bits per heavy atom. The number of hydrogen-bond acceptors (Lipinski definition) is 2. The fourth-order valence-corrected chi connectivity index (χ4v) is 1.65. The van der Waals surface area contributed by atoms with Gasteiger partial charge in [0.1, 0.15) is 5.56 Å². The van der Waals surface area contributed by atoms with E-state index in [0.717, 1.165) is 25.7 Å². The number of pyridine rings is 1. The third kappa shape index (κ3) is 5.04. The summed E-state index contributed by atoms with van der Waals surface area (Å²) in [5.41, 5.74) is -0.100. The summed E-state index contributed by atoms with van der Waals surface area (Å²) in [6.45, 7) is 0.593. The number of aromatic amines is 1. The van der Waals surface area contributed by atoms with Crippen molar-refractivity contribution in [1.82, 2.24) is 10.3 Å². The van der Waals surface area contributed by atoms with Crippen molar-refractivity contribution in [2.45, 2.75) is 25.7 Å². The van der Waals surface area contributed by atoms with E-state index in [1.165, 1.54) is 18.5 Å². The first-order valence-electron chi connectivity index (χ1n) is 5.77. The lowest BCUT2D eigenvalue weighted by Crippen LogP contribution is -2.29. The van der Waals surface area contributed by atoms with E-state index in [1.807, 2.05) is 0 Å². The van der Waals surface area contributed by atoms with Crippen molar-refractivity contribution in [3.63, 3.8) is 0 Å². The summed E-state index contributed by atoms with van der Waals surface area (Å²) >= 11 is 5.55. The predicted octanol–water partition coefficient (Wildman–Crippen LogP) is 1.90. The van der Waals surface area contributed by atoms with Crippen LogP contribution in [0.5, 0.6) is 0 Å². The molecule has 0 aliphatic carbocycles. The molecule has 1 aromatic rings. The molecule has 0 radical (unpaired) electrons. The van der Waals surface area contributed by atoms with E-state index in [2.05, 4.69) is 10.3 Å². The van der Waals surface area contributed by atoms with Gasteiger partial charge in [-0.15, -0.1) is 11.6 Å². The van der Waals surface area contributed by atoms with Gasteiger partial charge in [0.2, 0.25) is 0 Å². The number of H-pyrrole nitrogens is 1. The Morgan fingerprint density at radius 2 is 2.06 bits per heavy atom. The Kier molecular flexibility index (Phi) is 6.40. The molecule has 4 nitrogen and oxygen atoms in total. The highest BCUT2D eigenvalue weighted by atomic mass is 35.5. The fourth-order valence-electron chi connectivity index (χ4n) is 1.46. The van der Waals surface area contributed by atoms with Crippen LogP contribution in [-0.4, -0.2) is 23.3 Å². The summed E-state index contributed by atoms with van der Waals surface area (Å²) in [7, 11) is 0. The van der Waals surface area contributed by atoms with Gasteiger partial charge < -0.3 is 10.3 Å². The van der Waals surface area contributed by atoms with Crippen LogP contribution in [0.4, 0.5) is 0 Å². The molecule has 1 rings (SSSR count). The topological polar surface area (TPSA) is 62.0 Å². The molecule has 5 heteroatoms. The summed E-state index contributed by atoms with van der Waals surface area (Å²) in [6.07, 6.45) is 6.96. The lowest BCUT2D eigenvalue weighted by atomic mass is 10.2. The van der Waals surface area contributed by atoms with Gasteiger partial charge in [-0.05, 0) is 12.8 Å². The lowest BCUT2D eigenvalue weighted by Gasteiger charge is -2.04. The molecule has 0 spiro atoms. The fraction of sp³-hybridized carbons (Fsp3) is 0.500. The van der Waals surface area contributed by atoms with E-state index in [-0.39, 0.29) is 16.9 Å². The number of aromatic nitrogens is 1. The van der Waals surface area contributed by atoms with Gasteiger partial charge >= 0.3 is 0 Å². The van der Waals surface area contributed by atoms with E-state index < -0.39 is 0 Å². The van der Waals surface area contributed by atoms with Crippen LogP contribution in [0.15, 0.2) is 23.3 Å². The normalized spacial score (nSPS) is 10.2. The molecular weight excluding hydrogens is 240 g/mol. The molecule has 0 saturated heterocycles. The Hall–Kier alpha value is -1.29. The molecule has 0 aliphatic rings. The van der Waals surface area contributed by atoms with E-state index in [4.69, 9.17) is 11.6 Å². The van der Waals surface area contributed by atoms with Crippen molar-refractivity contribution in [3.8, 4) is 0 Å². The van der Waals surface area contributed by atoms with Gasteiger partial charge in [0.25, 0.3) is 5.91 Å². The zero-order valence-electron chi connectivity index (χ0n) is 9.67. The Balaban J connectivity index is 2.26. The highest BCUT2D eigenvalue weighted by molar-refractivity contribution is 6.17. The molecule has 1 heterocycles. The summed E-state index contributed by atoms with van der Waals surface area (Å²) in [5, 5.41) is 2.72. The first-order valence-corrected chi connectivity index (χ1v) is 6.30. The van der Waals surface area contributed by atoms with E-state index >= 15 is 0 Å². The summed E-state index contributed by atoms with van der Waals surface area (Å²) in [5.74, 6) is 0.371. The average molecular weight is 257 g/mol. The monoisotopic (exact) mass is 256 g/mol.